The zero-order valence-corrected chi connectivity index (χ0v) is 11.7. The summed E-state index contributed by atoms with van der Waals surface area (Å²) in [4.78, 5) is 0. The molecule has 3 rings (SSSR count). The third kappa shape index (κ3) is 2.50. The highest BCUT2D eigenvalue weighted by Gasteiger charge is 2.31. The van der Waals surface area contributed by atoms with Crippen LogP contribution in [0.3, 0.4) is 0 Å². The summed E-state index contributed by atoms with van der Waals surface area (Å²) in [6.07, 6.45) is 7.12. The Morgan fingerprint density at radius 2 is 1.75 bits per heavy atom. The molecule has 0 heterocycles. The number of hydrogen-bond acceptors (Lipinski definition) is 4. The predicted molar refractivity (Wildman–Crippen MR) is 76.8 cm³/mol. The molecule has 0 saturated heterocycles. The van der Waals surface area contributed by atoms with E-state index < -0.39 is 6.10 Å². The summed E-state index contributed by atoms with van der Waals surface area (Å²) in [5, 5.41) is 33.5. The number of fused-ring (bicyclic) bond motifs is 1. The van der Waals surface area contributed by atoms with Gasteiger partial charge in [0.1, 0.15) is 0 Å². The molecular weight excluding hydrogens is 254 g/mol. The predicted octanol–water partition coefficient (Wildman–Crippen LogP) is 2.37. The van der Waals surface area contributed by atoms with Crippen LogP contribution < -0.4 is 5.32 Å². The minimum atomic E-state index is -0.604. The van der Waals surface area contributed by atoms with Gasteiger partial charge in [-0.15, -0.1) is 0 Å². The molecule has 0 amide bonds. The van der Waals surface area contributed by atoms with Gasteiger partial charge in [-0.05, 0) is 37.3 Å². The van der Waals surface area contributed by atoms with E-state index in [2.05, 4.69) is 5.32 Å². The molecule has 2 aliphatic rings. The number of phenols is 2. The van der Waals surface area contributed by atoms with Gasteiger partial charge < -0.3 is 20.6 Å². The summed E-state index contributed by atoms with van der Waals surface area (Å²) < 4.78 is 0. The van der Waals surface area contributed by atoms with Gasteiger partial charge in [0, 0.05) is 17.6 Å². The zero-order valence-electron chi connectivity index (χ0n) is 11.7. The number of aromatic hydroxyl groups is 2. The van der Waals surface area contributed by atoms with Crippen molar-refractivity contribution < 1.29 is 15.3 Å². The summed E-state index contributed by atoms with van der Waals surface area (Å²) in [6.45, 7) is 0. The summed E-state index contributed by atoms with van der Waals surface area (Å²) in [7, 11) is 0. The Morgan fingerprint density at radius 3 is 2.50 bits per heavy atom. The molecule has 0 radical (unpaired) electrons. The van der Waals surface area contributed by atoms with Crippen molar-refractivity contribution in [2.24, 2.45) is 0 Å². The minimum absolute atomic E-state index is 0.0505. The Kier molecular flexibility index (Phi) is 3.85. The van der Waals surface area contributed by atoms with E-state index in [4.69, 9.17) is 0 Å². The maximum absolute atomic E-state index is 10.5. The topological polar surface area (TPSA) is 72.7 Å². The van der Waals surface area contributed by atoms with E-state index in [1.165, 1.54) is 38.2 Å². The minimum Gasteiger partial charge on any atom is -0.504 e. The fourth-order valence-electron chi connectivity index (χ4n) is 3.60. The van der Waals surface area contributed by atoms with Crippen molar-refractivity contribution in [3.05, 3.63) is 23.3 Å². The van der Waals surface area contributed by atoms with E-state index in [9.17, 15) is 15.3 Å². The Balaban J connectivity index is 1.75. The standard InChI is InChI=1S/C16H23NO3/c18-14-9-7-11-12(16(14)20)6-8-13(15(11)19)17-10-4-2-1-3-5-10/h7,9-10,13,15,17-20H,1-6,8H2. The lowest BCUT2D eigenvalue weighted by atomic mass is 9.84. The second kappa shape index (κ2) is 5.62. The van der Waals surface area contributed by atoms with Gasteiger partial charge >= 0.3 is 0 Å². The van der Waals surface area contributed by atoms with Gasteiger partial charge in [-0.3, -0.25) is 0 Å². The SMILES string of the molecule is Oc1ccc2c(c1O)CCC(NC1CCCCC1)C2O. The molecule has 4 heteroatoms. The highest BCUT2D eigenvalue weighted by Crippen LogP contribution is 2.40. The molecule has 110 valence electrons. The van der Waals surface area contributed by atoms with Crippen LogP contribution >= 0.6 is 0 Å². The van der Waals surface area contributed by atoms with E-state index in [1.807, 2.05) is 0 Å². The molecule has 0 aliphatic heterocycles. The van der Waals surface area contributed by atoms with Gasteiger partial charge in [-0.25, -0.2) is 0 Å². The average molecular weight is 277 g/mol. The number of aliphatic hydroxyl groups is 1. The first-order valence-corrected chi connectivity index (χ1v) is 7.64. The average Bonchev–Trinajstić information content (AvgIpc) is 2.47. The fourth-order valence-corrected chi connectivity index (χ4v) is 3.60. The van der Waals surface area contributed by atoms with Gasteiger partial charge in [-0.2, -0.15) is 0 Å². The second-order valence-corrected chi connectivity index (χ2v) is 6.09. The van der Waals surface area contributed by atoms with Crippen molar-refractivity contribution in [3.8, 4) is 11.5 Å². The van der Waals surface area contributed by atoms with Crippen LogP contribution in [0.4, 0.5) is 0 Å². The van der Waals surface area contributed by atoms with Gasteiger partial charge in [0.25, 0.3) is 0 Å². The van der Waals surface area contributed by atoms with Crippen LogP contribution in [0.15, 0.2) is 12.1 Å². The highest BCUT2D eigenvalue weighted by molar-refractivity contribution is 5.51. The quantitative estimate of drug-likeness (QED) is 0.626. The molecule has 2 unspecified atom stereocenters. The Bertz CT molecular complexity index is 483. The van der Waals surface area contributed by atoms with Crippen LogP contribution in [0.1, 0.15) is 55.8 Å². The first-order chi connectivity index (χ1) is 9.66. The summed E-state index contributed by atoms with van der Waals surface area (Å²) in [5.74, 6) is -0.174. The van der Waals surface area contributed by atoms with Crippen molar-refractivity contribution in [3.63, 3.8) is 0 Å². The van der Waals surface area contributed by atoms with Crippen LogP contribution in [-0.2, 0) is 6.42 Å². The maximum Gasteiger partial charge on any atom is 0.161 e. The van der Waals surface area contributed by atoms with Crippen LogP contribution in [0.5, 0.6) is 11.5 Å². The van der Waals surface area contributed by atoms with Crippen LogP contribution in [-0.4, -0.2) is 27.4 Å². The molecule has 0 spiro atoms. The lowest BCUT2D eigenvalue weighted by molar-refractivity contribution is 0.103. The number of hydrogen-bond donors (Lipinski definition) is 4. The molecule has 0 aromatic heterocycles. The lowest BCUT2D eigenvalue weighted by Gasteiger charge is -2.35. The van der Waals surface area contributed by atoms with E-state index in [0.717, 1.165) is 12.0 Å². The Morgan fingerprint density at radius 1 is 1.00 bits per heavy atom. The zero-order chi connectivity index (χ0) is 14.1. The van der Waals surface area contributed by atoms with Crippen molar-refractivity contribution in [2.45, 2.75) is 63.1 Å². The number of nitrogens with one attached hydrogen (secondary N) is 1. The molecule has 2 aliphatic carbocycles. The third-order valence-electron chi connectivity index (χ3n) is 4.76. The molecule has 1 saturated carbocycles. The molecular formula is C16H23NO3. The smallest absolute Gasteiger partial charge is 0.161 e. The monoisotopic (exact) mass is 277 g/mol. The van der Waals surface area contributed by atoms with Gasteiger partial charge in [0.2, 0.25) is 0 Å². The molecule has 4 N–H and O–H groups in total. The first-order valence-electron chi connectivity index (χ1n) is 7.64. The highest BCUT2D eigenvalue weighted by atomic mass is 16.3. The number of rotatable bonds is 2. The van der Waals surface area contributed by atoms with Crippen LogP contribution in [0.25, 0.3) is 0 Å². The molecule has 1 aromatic rings. The lowest BCUT2D eigenvalue weighted by Crippen LogP contribution is -2.44. The number of benzene rings is 1. The number of aliphatic hydroxyl groups excluding tert-OH is 1. The normalized spacial score (nSPS) is 27.2. The van der Waals surface area contributed by atoms with Crippen molar-refractivity contribution >= 4 is 0 Å². The van der Waals surface area contributed by atoms with Gasteiger partial charge in [0.05, 0.1) is 6.10 Å². The molecule has 1 aromatic carbocycles. The van der Waals surface area contributed by atoms with Crippen molar-refractivity contribution in [1.29, 1.82) is 0 Å². The van der Waals surface area contributed by atoms with Gasteiger partial charge in [0.15, 0.2) is 11.5 Å². The van der Waals surface area contributed by atoms with Gasteiger partial charge in [-0.1, -0.05) is 25.3 Å². The van der Waals surface area contributed by atoms with Crippen molar-refractivity contribution in [1.82, 2.24) is 5.32 Å². The Labute approximate surface area is 119 Å². The Hall–Kier alpha value is -1.26. The largest absolute Gasteiger partial charge is 0.504 e. The molecule has 4 nitrogen and oxygen atoms in total. The molecule has 20 heavy (non-hydrogen) atoms. The van der Waals surface area contributed by atoms with E-state index in [-0.39, 0.29) is 17.5 Å². The maximum atomic E-state index is 10.5. The second-order valence-electron chi connectivity index (χ2n) is 6.09. The first kappa shape index (κ1) is 13.7. The van der Waals surface area contributed by atoms with E-state index in [0.29, 0.717) is 18.0 Å². The summed E-state index contributed by atoms with van der Waals surface area (Å²) in [6, 6.07) is 3.75. The van der Waals surface area contributed by atoms with Crippen LogP contribution in [0, 0.1) is 0 Å². The third-order valence-corrected chi connectivity index (χ3v) is 4.76. The summed E-state index contributed by atoms with van der Waals surface area (Å²) >= 11 is 0. The van der Waals surface area contributed by atoms with E-state index in [1.54, 1.807) is 6.07 Å². The fraction of sp³-hybridized carbons (Fsp3) is 0.625. The molecule has 1 fully saturated rings. The molecule has 2 atom stereocenters. The number of phenolic OH excluding ortho intramolecular Hbond substituents is 2. The molecule has 0 bridgehead atoms. The van der Waals surface area contributed by atoms with E-state index >= 15 is 0 Å². The summed E-state index contributed by atoms with van der Waals surface area (Å²) in [5.41, 5.74) is 1.44. The van der Waals surface area contributed by atoms with Crippen LogP contribution in [0.2, 0.25) is 0 Å². The van der Waals surface area contributed by atoms with Crippen molar-refractivity contribution in [2.75, 3.05) is 0 Å².